The van der Waals surface area contributed by atoms with Crippen molar-refractivity contribution in [3.8, 4) is 17.6 Å². The Kier molecular flexibility index (Phi) is 9.94. The molecule has 4 N–H and O–H groups in total. The van der Waals surface area contributed by atoms with Crippen LogP contribution in [-0.4, -0.2) is 46.8 Å². The molecular weight excluding hydrogens is 604 g/mol. The fourth-order valence-electron chi connectivity index (χ4n) is 4.58. The lowest BCUT2D eigenvalue weighted by Gasteiger charge is -2.09. The van der Waals surface area contributed by atoms with Gasteiger partial charge in [0.05, 0.1) is 29.0 Å². The number of nitrogens with zero attached hydrogens (tertiary/aromatic N) is 3. The number of nitrogens with one attached hydrogen (secondary N) is 2. The van der Waals surface area contributed by atoms with Gasteiger partial charge in [-0.15, -0.1) is 0 Å². The number of carbonyl (C=O) groups excluding carboxylic acids is 2. The van der Waals surface area contributed by atoms with Crippen molar-refractivity contribution < 1.29 is 22.7 Å². The first-order chi connectivity index (χ1) is 22.1. The van der Waals surface area contributed by atoms with Crippen LogP contribution in [0, 0.1) is 11.8 Å². The molecule has 46 heavy (non-hydrogen) atoms. The third-order valence-electron chi connectivity index (χ3n) is 6.92. The number of aromatic nitrogens is 4. The molecule has 0 aliphatic heterocycles. The lowest BCUT2D eigenvalue weighted by Crippen LogP contribution is -2.25. The van der Waals surface area contributed by atoms with Crippen LogP contribution in [0.2, 0.25) is 0 Å². The molecule has 12 heteroatoms. The fourth-order valence-corrected chi connectivity index (χ4v) is 6.00. The van der Waals surface area contributed by atoms with Gasteiger partial charge in [0.2, 0.25) is 0 Å². The van der Waals surface area contributed by atoms with E-state index >= 15 is 0 Å². The Morgan fingerprint density at radius 3 is 2.48 bits per heavy atom. The molecule has 0 spiro atoms. The van der Waals surface area contributed by atoms with Crippen LogP contribution in [0.1, 0.15) is 44.7 Å². The van der Waals surface area contributed by atoms with Gasteiger partial charge in [0.25, 0.3) is 5.91 Å². The highest BCUT2D eigenvalue weighted by atomic mass is 32.2. The van der Waals surface area contributed by atoms with E-state index in [9.17, 15) is 18.0 Å². The first-order valence-corrected chi connectivity index (χ1v) is 16.1. The number of hydrogen-bond acceptors (Lipinski definition) is 8. The molecule has 1 amide bonds. The standard InChI is InChI=1S/C34H32N6O5S/c1-40-18-16-30(39-40)23-46(43,44)32-15-10-28(34(42)36-17-2-3-26-21-37-38-22-26)20-27(32)9-4-24-7-13-31(14-8-24)45-33(41)19-25-5-11-29(35)12-6-25/h5-8,10-16,18,20-22H,2-3,17,19,23,35H2,1H3,(H,36,42)(H,37,38). The van der Waals surface area contributed by atoms with E-state index in [4.69, 9.17) is 10.5 Å². The average molecular weight is 637 g/mol. The summed E-state index contributed by atoms with van der Waals surface area (Å²) in [5.74, 6) is 5.17. The van der Waals surface area contributed by atoms with E-state index in [1.165, 1.54) is 22.9 Å². The van der Waals surface area contributed by atoms with E-state index in [1.807, 2.05) is 0 Å². The number of sulfone groups is 1. The second kappa shape index (κ2) is 14.4. The molecule has 3 aromatic carbocycles. The number of aromatic amines is 1. The monoisotopic (exact) mass is 636 g/mol. The predicted octanol–water partition coefficient (Wildman–Crippen LogP) is 3.61. The molecule has 0 aliphatic rings. The van der Waals surface area contributed by atoms with Crippen LogP contribution in [0.25, 0.3) is 0 Å². The van der Waals surface area contributed by atoms with Crippen molar-refractivity contribution in [2.24, 2.45) is 7.05 Å². The number of hydrogen-bond donors (Lipinski definition) is 3. The topological polar surface area (TPSA) is 162 Å². The highest BCUT2D eigenvalue weighted by Gasteiger charge is 2.22. The zero-order valence-electron chi connectivity index (χ0n) is 25.1. The van der Waals surface area contributed by atoms with Crippen LogP contribution in [0.5, 0.6) is 5.75 Å². The van der Waals surface area contributed by atoms with Crippen molar-refractivity contribution in [3.05, 3.63) is 125 Å². The summed E-state index contributed by atoms with van der Waals surface area (Å²) in [5, 5.41) is 13.8. The number of aryl methyl sites for hydroxylation is 2. The van der Waals surface area contributed by atoms with Gasteiger partial charge in [0, 0.05) is 48.4 Å². The van der Waals surface area contributed by atoms with Crippen LogP contribution in [-0.2, 0) is 40.3 Å². The van der Waals surface area contributed by atoms with Crippen LogP contribution in [0.3, 0.4) is 0 Å². The zero-order valence-corrected chi connectivity index (χ0v) is 25.9. The predicted molar refractivity (Wildman–Crippen MR) is 172 cm³/mol. The van der Waals surface area contributed by atoms with Crippen molar-refractivity contribution >= 4 is 27.4 Å². The lowest BCUT2D eigenvalue weighted by atomic mass is 10.1. The second-order valence-corrected chi connectivity index (χ2v) is 12.5. The van der Waals surface area contributed by atoms with Crippen molar-refractivity contribution in [3.63, 3.8) is 0 Å². The van der Waals surface area contributed by atoms with E-state index in [0.29, 0.717) is 35.7 Å². The average Bonchev–Trinajstić information content (AvgIpc) is 3.71. The Bertz CT molecular complexity index is 1990. The van der Waals surface area contributed by atoms with Gasteiger partial charge < -0.3 is 15.8 Å². The summed E-state index contributed by atoms with van der Waals surface area (Å²) in [6.45, 7) is 0.432. The molecule has 2 aromatic heterocycles. The molecule has 0 atom stereocenters. The lowest BCUT2D eigenvalue weighted by molar-refractivity contribution is -0.133. The number of carbonyl (C=O) groups is 2. The number of nitrogen functional groups attached to an aromatic ring is 1. The molecule has 0 unspecified atom stereocenters. The first kappa shape index (κ1) is 31.7. The maximum absolute atomic E-state index is 13.5. The van der Waals surface area contributed by atoms with Gasteiger partial charge in [-0.2, -0.15) is 10.2 Å². The smallest absolute Gasteiger partial charge is 0.315 e. The largest absolute Gasteiger partial charge is 0.426 e. The Hall–Kier alpha value is -5.67. The molecular formula is C34H32N6O5S. The summed E-state index contributed by atoms with van der Waals surface area (Å²) < 4.78 is 33.9. The summed E-state index contributed by atoms with van der Waals surface area (Å²) in [6, 6.07) is 19.5. The second-order valence-electron chi connectivity index (χ2n) is 10.6. The number of nitrogens with two attached hydrogens (primary N) is 1. The highest BCUT2D eigenvalue weighted by Crippen LogP contribution is 2.22. The van der Waals surface area contributed by atoms with Gasteiger partial charge in [0.15, 0.2) is 9.84 Å². The number of anilines is 1. The maximum atomic E-state index is 13.5. The number of amides is 1. The van der Waals surface area contributed by atoms with E-state index in [2.05, 4.69) is 32.5 Å². The van der Waals surface area contributed by atoms with Gasteiger partial charge in [-0.3, -0.25) is 19.4 Å². The highest BCUT2D eigenvalue weighted by molar-refractivity contribution is 7.90. The Morgan fingerprint density at radius 2 is 1.78 bits per heavy atom. The number of benzene rings is 3. The van der Waals surface area contributed by atoms with Crippen molar-refractivity contribution in [2.45, 2.75) is 29.9 Å². The van der Waals surface area contributed by atoms with Crippen LogP contribution in [0.4, 0.5) is 5.69 Å². The summed E-state index contributed by atoms with van der Waals surface area (Å²) >= 11 is 0. The molecule has 0 saturated carbocycles. The van der Waals surface area contributed by atoms with Crippen LogP contribution >= 0.6 is 0 Å². The van der Waals surface area contributed by atoms with Gasteiger partial charge in [-0.1, -0.05) is 24.0 Å². The van der Waals surface area contributed by atoms with Gasteiger partial charge >= 0.3 is 5.97 Å². The van der Waals surface area contributed by atoms with Crippen LogP contribution in [0.15, 0.2) is 96.3 Å². The van der Waals surface area contributed by atoms with Crippen molar-refractivity contribution in [1.29, 1.82) is 0 Å². The number of rotatable bonds is 11. The quantitative estimate of drug-likeness (QED) is 0.0651. The molecule has 5 aromatic rings. The molecule has 0 aliphatic carbocycles. The number of ether oxygens (including phenoxy) is 1. The number of H-pyrrole nitrogens is 1. The Labute approximate surface area is 266 Å². The number of esters is 1. The molecule has 0 saturated heterocycles. The molecule has 0 radical (unpaired) electrons. The Morgan fingerprint density at radius 1 is 1.00 bits per heavy atom. The van der Waals surface area contributed by atoms with E-state index in [1.54, 1.807) is 80.2 Å². The normalized spacial score (nSPS) is 11.0. The minimum atomic E-state index is -3.86. The van der Waals surface area contributed by atoms with Crippen molar-refractivity contribution in [2.75, 3.05) is 12.3 Å². The maximum Gasteiger partial charge on any atom is 0.315 e. The summed E-state index contributed by atoms with van der Waals surface area (Å²) in [4.78, 5) is 25.3. The van der Waals surface area contributed by atoms with Gasteiger partial charge in [0.1, 0.15) is 5.75 Å². The molecule has 234 valence electrons. The molecule has 0 bridgehead atoms. The summed E-state index contributed by atoms with van der Waals surface area (Å²) in [5.41, 5.74) is 9.54. The first-order valence-electron chi connectivity index (χ1n) is 14.4. The molecule has 2 heterocycles. The minimum absolute atomic E-state index is 0.00428. The SMILES string of the molecule is Cn1ccc(CS(=O)(=O)c2ccc(C(=O)NCCCc3cn[nH]c3)cc2C#Cc2ccc(OC(=O)Cc3ccc(N)cc3)cc2)n1. The van der Waals surface area contributed by atoms with E-state index < -0.39 is 15.8 Å². The molecule has 0 fully saturated rings. The van der Waals surface area contributed by atoms with Crippen LogP contribution < -0.4 is 15.8 Å². The fraction of sp³-hybridized carbons (Fsp3) is 0.176. The third-order valence-corrected chi connectivity index (χ3v) is 8.62. The zero-order chi connectivity index (χ0) is 32.5. The molecule has 5 rings (SSSR count). The summed E-state index contributed by atoms with van der Waals surface area (Å²) in [7, 11) is -2.15. The molecule has 11 nitrogen and oxygen atoms in total. The van der Waals surface area contributed by atoms with Crippen molar-refractivity contribution in [1.82, 2.24) is 25.3 Å². The minimum Gasteiger partial charge on any atom is -0.426 e. The van der Waals surface area contributed by atoms with E-state index in [0.717, 1.165) is 17.5 Å². The Balaban J connectivity index is 1.32. The van der Waals surface area contributed by atoms with E-state index in [-0.39, 0.29) is 34.1 Å². The van der Waals surface area contributed by atoms with Gasteiger partial charge in [-0.05, 0) is 84.6 Å². The summed E-state index contributed by atoms with van der Waals surface area (Å²) in [6.07, 6.45) is 6.76. The third kappa shape index (κ3) is 8.71. The van der Waals surface area contributed by atoms with Gasteiger partial charge in [-0.25, -0.2) is 8.42 Å².